The van der Waals surface area contributed by atoms with Crippen LogP contribution in [0, 0.1) is 0 Å². The first-order chi connectivity index (χ1) is 13.2. The van der Waals surface area contributed by atoms with E-state index in [4.69, 9.17) is 4.74 Å². The molecule has 1 atom stereocenters. The van der Waals surface area contributed by atoms with Gasteiger partial charge in [-0.05, 0) is 12.1 Å². The molecule has 0 radical (unpaired) electrons. The van der Waals surface area contributed by atoms with Crippen molar-refractivity contribution in [2.24, 2.45) is 0 Å². The van der Waals surface area contributed by atoms with E-state index in [9.17, 15) is 9.90 Å². The molecule has 10 heteroatoms. The molecule has 144 valence electrons. The summed E-state index contributed by atoms with van der Waals surface area (Å²) < 4.78 is 7.13. The fourth-order valence-electron chi connectivity index (χ4n) is 3.13. The quantitative estimate of drug-likeness (QED) is 0.571. The Bertz CT molecular complexity index is 792. The van der Waals surface area contributed by atoms with Gasteiger partial charge in [0.05, 0.1) is 31.9 Å². The van der Waals surface area contributed by atoms with Crippen LogP contribution in [0.1, 0.15) is 16.2 Å². The summed E-state index contributed by atoms with van der Waals surface area (Å²) in [5.41, 5.74) is 0.506. The van der Waals surface area contributed by atoms with Crippen molar-refractivity contribution in [3.05, 3.63) is 36.0 Å². The summed E-state index contributed by atoms with van der Waals surface area (Å²) in [5, 5.41) is 24.2. The molecule has 2 aromatic rings. The average molecular weight is 373 g/mol. The van der Waals surface area contributed by atoms with Crippen LogP contribution < -0.4 is 10.6 Å². The second kappa shape index (κ2) is 7.99. The molecule has 1 fully saturated rings. The first kappa shape index (κ1) is 17.8. The number of aliphatic hydroxyl groups is 1. The second-order valence-corrected chi connectivity index (χ2v) is 6.85. The van der Waals surface area contributed by atoms with Gasteiger partial charge in [0.25, 0.3) is 5.91 Å². The topological polar surface area (TPSA) is 117 Å². The summed E-state index contributed by atoms with van der Waals surface area (Å²) in [4.78, 5) is 18.7. The lowest BCUT2D eigenvalue weighted by Crippen LogP contribution is -2.43. The molecular weight excluding hydrogens is 350 g/mol. The van der Waals surface area contributed by atoms with Crippen molar-refractivity contribution >= 4 is 11.7 Å². The van der Waals surface area contributed by atoms with Crippen LogP contribution in [0.5, 0.6) is 0 Å². The van der Waals surface area contributed by atoms with Gasteiger partial charge in [0, 0.05) is 37.9 Å². The fourth-order valence-corrected chi connectivity index (χ4v) is 3.13. The number of hydrogen-bond donors (Lipinski definition) is 3. The number of aromatic nitrogens is 4. The van der Waals surface area contributed by atoms with E-state index in [1.165, 1.54) is 0 Å². The number of anilines is 1. The highest BCUT2D eigenvalue weighted by molar-refractivity contribution is 5.94. The van der Waals surface area contributed by atoms with E-state index in [1.807, 2.05) is 4.57 Å². The molecule has 1 amide bonds. The Morgan fingerprint density at radius 1 is 1.41 bits per heavy atom. The van der Waals surface area contributed by atoms with E-state index >= 15 is 0 Å². The number of aliphatic hydroxyl groups excluding tert-OH is 1. The van der Waals surface area contributed by atoms with Gasteiger partial charge in [-0.15, -0.1) is 10.2 Å². The summed E-state index contributed by atoms with van der Waals surface area (Å²) in [6.45, 7) is 4.23. The fraction of sp³-hybridized carbons (Fsp3) is 0.529. The van der Waals surface area contributed by atoms with Crippen molar-refractivity contribution < 1.29 is 14.6 Å². The number of amides is 1. The maximum absolute atomic E-state index is 12.4. The summed E-state index contributed by atoms with van der Waals surface area (Å²) in [6.07, 6.45) is 2.66. The van der Waals surface area contributed by atoms with Crippen molar-refractivity contribution in [2.45, 2.75) is 25.2 Å². The van der Waals surface area contributed by atoms with Crippen LogP contribution in [-0.4, -0.2) is 80.7 Å². The number of β-amino-alcohol motifs (C(OH)–C–C–N with tert-alkyl or cyclic N) is 1. The number of pyridine rings is 1. The van der Waals surface area contributed by atoms with E-state index in [-0.39, 0.29) is 18.5 Å². The minimum Gasteiger partial charge on any atom is -0.390 e. The average Bonchev–Trinajstić information content (AvgIpc) is 3.11. The Kier molecular flexibility index (Phi) is 5.28. The lowest BCUT2D eigenvalue weighted by molar-refractivity contribution is 0.0209. The smallest absolute Gasteiger partial charge is 0.251 e. The van der Waals surface area contributed by atoms with Crippen LogP contribution in [-0.2, 0) is 17.8 Å². The van der Waals surface area contributed by atoms with Gasteiger partial charge in [0.2, 0.25) is 0 Å². The van der Waals surface area contributed by atoms with Gasteiger partial charge < -0.3 is 25.0 Å². The number of fused-ring (bicyclic) bond motifs is 1. The molecule has 3 N–H and O–H groups in total. The molecule has 0 saturated carbocycles. The summed E-state index contributed by atoms with van der Waals surface area (Å²) in [7, 11) is 0. The standard InChI is InChI=1S/C17H23N7O3/c25-14(7-23-3-4-24-11-20-22-16(24)8-23)6-19-17(26)12-1-2-18-15(5-12)21-13-9-27-10-13/h1-2,5,11,13-14,25H,3-4,6-10H2,(H,18,21)(H,19,26)/t14-/m0/s1. The summed E-state index contributed by atoms with van der Waals surface area (Å²) >= 11 is 0. The van der Waals surface area contributed by atoms with Gasteiger partial charge in [-0.2, -0.15) is 0 Å². The number of carbonyl (C=O) groups excluding carboxylic acids is 1. The highest BCUT2D eigenvalue weighted by atomic mass is 16.5. The summed E-state index contributed by atoms with van der Waals surface area (Å²) in [6, 6.07) is 3.60. The predicted molar refractivity (Wildman–Crippen MR) is 96.1 cm³/mol. The molecule has 2 aliphatic heterocycles. The zero-order valence-corrected chi connectivity index (χ0v) is 14.9. The molecule has 0 bridgehead atoms. The molecule has 1 saturated heterocycles. The second-order valence-electron chi connectivity index (χ2n) is 6.85. The van der Waals surface area contributed by atoms with Crippen LogP contribution in [0.15, 0.2) is 24.7 Å². The van der Waals surface area contributed by atoms with Crippen molar-refractivity contribution in [1.29, 1.82) is 0 Å². The maximum Gasteiger partial charge on any atom is 0.251 e. The van der Waals surface area contributed by atoms with Crippen LogP contribution >= 0.6 is 0 Å². The van der Waals surface area contributed by atoms with E-state index in [0.29, 0.717) is 37.7 Å². The number of hydrogen-bond acceptors (Lipinski definition) is 8. The van der Waals surface area contributed by atoms with Crippen LogP contribution in [0.3, 0.4) is 0 Å². The molecule has 0 spiro atoms. The van der Waals surface area contributed by atoms with E-state index in [2.05, 4.69) is 30.7 Å². The van der Waals surface area contributed by atoms with E-state index in [1.54, 1.807) is 24.7 Å². The third-order valence-corrected chi connectivity index (χ3v) is 4.70. The van der Waals surface area contributed by atoms with Gasteiger partial charge in [-0.3, -0.25) is 9.69 Å². The molecule has 4 heterocycles. The SMILES string of the molecule is O=C(NC[C@H](O)CN1CCn2cnnc2C1)c1ccnc(NC2COC2)c1. The Morgan fingerprint density at radius 3 is 3.11 bits per heavy atom. The van der Waals surface area contributed by atoms with Gasteiger partial charge in [-0.25, -0.2) is 4.98 Å². The third kappa shape index (κ3) is 4.41. The Hall–Kier alpha value is -2.56. The number of nitrogens with zero attached hydrogens (tertiary/aromatic N) is 5. The van der Waals surface area contributed by atoms with Gasteiger partial charge in [0.15, 0.2) is 0 Å². The van der Waals surface area contributed by atoms with E-state index < -0.39 is 6.10 Å². The monoisotopic (exact) mass is 373 g/mol. The Labute approximate surface area is 156 Å². The van der Waals surface area contributed by atoms with Crippen molar-refractivity contribution in [1.82, 2.24) is 30.0 Å². The zero-order valence-electron chi connectivity index (χ0n) is 14.9. The van der Waals surface area contributed by atoms with Crippen LogP contribution in [0.4, 0.5) is 5.82 Å². The Balaban J connectivity index is 1.24. The number of rotatable bonds is 7. The lowest BCUT2D eigenvalue weighted by atomic mass is 10.2. The van der Waals surface area contributed by atoms with Crippen LogP contribution in [0.2, 0.25) is 0 Å². The predicted octanol–water partition coefficient (Wildman–Crippen LogP) is -0.910. The number of ether oxygens (including phenoxy) is 1. The number of nitrogens with one attached hydrogen (secondary N) is 2. The molecule has 2 aliphatic rings. The molecule has 4 rings (SSSR count). The van der Waals surface area contributed by atoms with Gasteiger partial charge in [0.1, 0.15) is 18.0 Å². The third-order valence-electron chi connectivity index (χ3n) is 4.70. The van der Waals surface area contributed by atoms with Crippen LogP contribution in [0.25, 0.3) is 0 Å². The Morgan fingerprint density at radius 2 is 2.30 bits per heavy atom. The molecule has 2 aromatic heterocycles. The van der Waals surface area contributed by atoms with E-state index in [0.717, 1.165) is 18.9 Å². The molecule has 10 nitrogen and oxygen atoms in total. The number of carbonyl (C=O) groups is 1. The van der Waals surface area contributed by atoms with Crippen molar-refractivity contribution in [3.63, 3.8) is 0 Å². The summed E-state index contributed by atoms with van der Waals surface area (Å²) in [5.74, 6) is 1.31. The maximum atomic E-state index is 12.4. The normalized spacial score (nSPS) is 18.4. The van der Waals surface area contributed by atoms with Crippen molar-refractivity contribution in [2.75, 3.05) is 38.2 Å². The zero-order chi connectivity index (χ0) is 18.6. The van der Waals surface area contributed by atoms with Gasteiger partial charge in [-0.1, -0.05) is 0 Å². The lowest BCUT2D eigenvalue weighted by Gasteiger charge is -2.28. The molecule has 27 heavy (non-hydrogen) atoms. The molecule has 0 aliphatic carbocycles. The van der Waals surface area contributed by atoms with Crippen molar-refractivity contribution in [3.8, 4) is 0 Å². The minimum absolute atomic E-state index is 0.184. The minimum atomic E-state index is -0.657. The first-order valence-corrected chi connectivity index (χ1v) is 9.03. The molecule has 0 aromatic carbocycles. The highest BCUT2D eigenvalue weighted by Gasteiger charge is 2.21. The first-order valence-electron chi connectivity index (χ1n) is 9.03. The highest BCUT2D eigenvalue weighted by Crippen LogP contribution is 2.12. The molecule has 0 unspecified atom stereocenters. The van der Waals surface area contributed by atoms with Gasteiger partial charge >= 0.3 is 0 Å². The largest absolute Gasteiger partial charge is 0.390 e. The molecular formula is C17H23N7O3.